The van der Waals surface area contributed by atoms with Gasteiger partial charge < -0.3 is 20.1 Å². The predicted molar refractivity (Wildman–Crippen MR) is 75.2 cm³/mol. The van der Waals surface area contributed by atoms with Crippen molar-refractivity contribution in [2.24, 2.45) is 0 Å². The van der Waals surface area contributed by atoms with E-state index in [2.05, 4.69) is 10.6 Å². The van der Waals surface area contributed by atoms with E-state index in [1.54, 1.807) is 14.2 Å². The van der Waals surface area contributed by atoms with E-state index in [1.807, 2.05) is 0 Å². The van der Waals surface area contributed by atoms with Crippen molar-refractivity contribution >= 4 is 11.6 Å². The van der Waals surface area contributed by atoms with E-state index in [0.29, 0.717) is 37.7 Å². The van der Waals surface area contributed by atoms with E-state index in [4.69, 9.17) is 9.47 Å². The second-order valence-corrected chi connectivity index (χ2v) is 4.39. The van der Waals surface area contributed by atoms with Crippen LogP contribution in [-0.4, -0.2) is 52.1 Å². The first kappa shape index (κ1) is 16.4. The molecule has 0 fully saturated rings. The summed E-state index contributed by atoms with van der Waals surface area (Å²) in [6, 6.07) is 0. The smallest absolute Gasteiger partial charge is 0.203 e. The quantitative estimate of drug-likeness (QED) is 0.439. The first-order valence-corrected chi connectivity index (χ1v) is 6.66. The van der Waals surface area contributed by atoms with E-state index in [1.165, 1.54) is 12.2 Å². The molecule has 0 saturated heterocycles. The van der Waals surface area contributed by atoms with E-state index in [-0.39, 0.29) is 11.6 Å². The van der Waals surface area contributed by atoms with E-state index < -0.39 is 0 Å². The molecule has 0 bridgehead atoms. The van der Waals surface area contributed by atoms with Crippen LogP contribution in [0.2, 0.25) is 0 Å². The summed E-state index contributed by atoms with van der Waals surface area (Å²) in [6.45, 7) is 2.43. The van der Waals surface area contributed by atoms with Gasteiger partial charge in [0, 0.05) is 52.7 Å². The van der Waals surface area contributed by atoms with Gasteiger partial charge in [-0.2, -0.15) is 0 Å². The van der Waals surface area contributed by atoms with Crippen LogP contribution in [-0.2, 0) is 19.1 Å². The van der Waals surface area contributed by atoms with Crippen molar-refractivity contribution in [3.63, 3.8) is 0 Å². The summed E-state index contributed by atoms with van der Waals surface area (Å²) in [6.07, 6.45) is 4.24. The summed E-state index contributed by atoms with van der Waals surface area (Å²) in [5, 5.41) is 5.90. The maximum atomic E-state index is 11.8. The fourth-order valence-corrected chi connectivity index (χ4v) is 1.72. The molecule has 0 saturated carbocycles. The number of methoxy groups -OCH3 is 2. The maximum absolute atomic E-state index is 11.8. The van der Waals surface area contributed by atoms with Gasteiger partial charge in [0.15, 0.2) is 0 Å². The SMILES string of the molecule is COCCCNC1=CC(=O)C(NCCCOC)=CC1=O. The highest BCUT2D eigenvalue weighted by atomic mass is 16.5. The summed E-state index contributed by atoms with van der Waals surface area (Å²) in [7, 11) is 3.25. The third-order valence-corrected chi connectivity index (χ3v) is 2.76. The number of ether oxygens (including phenoxy) is 2. The van der Waals surface area contributed by atoms with Crippen LogP contribution < -0.4 is 10.6 Å². The fourth-order valence-electron chi connectivity index (χ4n) is 1.72. The van der Waals surface area contributed by atoms with Crippen LogP contribution in [0.3, 0.4) is 0 Å². The number of carbonyl (C=O) groups excluding carboxylic acids is 2. The molecule has 1 aliphatic carbocycles. The van der Waals surface area contributed by atoms with E-state index >= 15 is 0 Å². The number of hydrogen-bond acceptors (Lipinski definition) is 6. The molecule has 0 amide bonds. The molecular formula is C14H22N2O4. The van der Waals surface area contributed by atoms with Crippen LogP contribution in [0.1, 0.15) is 12.8 Å². The lowest BCUT2D eigenvalue weighted by Crippen LogP contribution is -2.30. The topological polar surface area (TPSA) is 76.7 Å². The van der Waals surface area contributed by atoms with Crippen molar-refractivity contribution < 1.29 is 19.1 Å². The van der Waals surface area contributed by atoms with Crippen LogP contribution in [0.4, 0.5) is 0 Å². The molecule has 1 aliphatic rings. The van der Waals surface area contributed by atoms with Crippen molar-refractivity contribution in [2.75, 3.05) is 40.5 Å². The lowest BCUT2D eigenvalue weighted by atomic mass is 10.1. The minimum absolute atomic E-state index is 0.184. The van der Waals surface area contributed by atoms with Gasteiger partial charge in [-0.15, -0.1) is 0 Å². The molecule has 20 heavy (non-hydrogen) atoms. The molecule has 112 valence electrons. The standard InChI is InChI=1S/C14H22N2O4/c1-19-7-3-5-15-11-9-14(18)12(10-13(11)17)16-6-4-8-20-2/h9-10,15-16H,3-8H2,1-2H3. The van der Waals surface area contributed by atoms with Crippen molar-refractivity contribution in [3.8, 4) is 0 Å². The summed E-state index contributed by atoms with van der Waals surface area (Å²) >= 11 is 0. The molecule has 6 nitrogen and oxygen atoms in total. The van der Waals surface area contributed by atoms with Gasteiger partial charge in [0.05, 0.1) is 11.4 Å². The van der Waals surface area contributed by atoms with Gasteiger partial charge >= 0.3 is 0 Å². The van der Waals surface area contributed by atoms with Gasteiger partial charge in [0.25, 0.3) is 0 Å². The number of carbonyl (C=O) groups is 2. The molecule has 0 atom stereocenters. The number of nitrogens with one attached hydrogen (secondary N) is 2. The van der Waals surface area contributed by atoms with Crippen LogP contribution >= 0.6 is 0 Å². The van der Waals surface area contributed by atoms with Crippen LogP contribution in [0.25, 0.3) is 0 Å². The second kappa shape index (κ2) is 9.28. The van der Waals surface area contributed by atoms with Crippen molar-refractivity contribution in [2.45, 2.75) is 12.8 Å². The lowest BCUT2D eigenvalue weighted by molar-refractivity contribution is -0.115. The van der Waals surface area contributed by atoms with Gasteiger partial charge in [-0.05, 0) is 12.8 Å². The Hall–Kier alpha value is -1.66. The summed E-state index contributed by atoms with van der Waals surface area (Å²) in [4.78, 5) is 23.7. The average Bonchev–Trinajstić information content (AvgIpc) is 2.44. The number of ketones is 2. The molecule has 0 aromatic rings. The number of rotatable bonds is 10. The van der Waals surface area contributed by atoms with Gasteiger partial charge in [0.2, 0.25) is 11.6 Å². The Morgan fingerprint density at radius 3 is 1.60 bits per heavy atom. The molecule has 0 aromatic carbocycles. The van der Waals surface area contributed by atoms with Crippen molar-refractivity contribution in [3.05, 3.63) is 23.5 Å². The molecule has 0 heterocycles. The second-order valence-electron chi connectivity index (χ2n) is 4.39. The Morgan fingerprint density at radius 2 is 1.25 bits per heavy atom. The van der Waals surface area contributed by atoms with Gasteiger partial charge in [-0.25, -0.2) is 0 Å². The van der Waals surface area contributed by atoms with Gasteiger partial charge in [-0.1, -0.05) is 0 Å². The Balaban J connectivity index is 2.41. The third-order valence-electron chi connectivity index (χ3n) is 2.76. The largest absolute Gasteiger partial charge is 0.385 e. The highest BCUT2D eigenvalue weighted by Gasteiger charge is 2.19. The highest BCUT2D eigenvalue weighted by Crippen LogP contribution is 2.08. The molecular weight excluding hydrogens is 260 g/mol. The zero-order valence-electron chi connectivity index (χ0n) is 12.0. The third kappa shape index (κ3) is 5.54. The predicted octanol–water partition coefficient (Wildman–Crippen LogP) is 0.158. The summed E-state index contributed by atoms with van der Waals surface area (Å²) in [5.74, 6) is -0.368. The van der Waals surface area contributed by atoms with Gasteiger partial charge in [0.1, 0.15) is 0 Å². The molecule has 0 unspecified atom stereocenters. The molecule has 0 spiro atoms. The monoisotopic (exact) mass is 282 g/mol. The molecule has 0 aliphatic heterocycles. The van der Waals surface area contributed by atoms with Crippen molar-refractivity contribution in [1.29, 1.82) is 0 Å². The number of allylic oxidation sites excluding steroid dienone is 2. The molecule has 0 aromatic heterocycles. The van der Waals surface area contributed by atoms with Gasteiger partial charge in [-0.3, -0.25) is 9.59 Å². The van der Waals surface area contributed by atoms with E-state index in [0.717, 1.165) is 12.8 Å². The van der Waals surface area contributed by atoms with Crippen LogP contribution in [0.5, 0.6) is 0 Å². The Morgan fingerprint density at radius 1 is 0.850 bits per heavy atom. The lowest BCUT2D eigenvalue weighted by Gasteiger charge is -2.15. The molecule has 1 rings (SSSR count). The zero-order valence-corrected chi connectivity index (χ0v) is 12.0. The molecule has 0 radical (unpaired) electrons. The first-order valence-electron chi connectivity index (χ1n) is 6.66. The van der Waals surface area contributed by atoms with Crippen molar-refractivity contribution in [1.82, 2.24) is 10.6 Å². The van der Waals surface area contributed by atoms with Crippen LogP contribution in [0, 0.1) is 0 Å². The Bertz CT molecular complexity index is 364. The van der Waals surface area contributed by atoms with E-state index in [9.17, 15) is 9.59 Å². The number of hydrogen-bond donors (Lipinski definition) is 2. The Kier molecular flexibility index (Phi) is 7.60. The average molecular weight is 282 g/mol. The normalized spacial score (nSPS) is 14.9. The maximum Gasteiger partial charge on any atom is 0.203 e. The highest BCUT2D eigenvalue weighted by molar-refractivity contribution is 6.19. The minimum Gasteiger partial charge on any atom is -0.385 e. The van der Waals surface area contributed by atoms with Crippen LogP contribution in [0.15, 0.2) is 23.5 Å². The minimum atomic E-state index is -0.184. The summed E-state index contributed by atoms with van der Waals surface area (Å²) < 4.78 is 9.83. The zero-order chi connectivity index (χ0) is 14.8. The fraction of sp³-hybridized carbons (Fsp3) is 0.571. The summed E-state index contributed by atoms with van der Waals surface area (Å²) in [5.41, 5.74) is 0.682. The first-order chi connectivity index (χ1) is 9.69. The Labute approximate surface area is 119 Å². The molecule has 6 heteroatoms. The molecule has 2 N–H and O–H groups in total.